The molecule has 0 aromatic heterocycles. The summed E-state index contributed by atoms with van der Waals surface area (Å²) in [6, 6.07) is 10.8. The summed E-state index contributed by atoms with van der Waals surface area (Å²) < 4.78 is 1.25. The van der Waals surface area contributed by atoms with E-state index in [0.29, 0.717) is 0 Å². The second-order valence-corrected chi connectivity index (χ2v) is 23.2. The minimum atomic E-state index is 0. The number of benzene rings is 1. The first-order valence-electron chi connectivity index (χ1n) is 31.6. The molecule has 0 atom stereocenters. The first-order valence-corrected chi connectivity index (χ1v) is 31.6. The summed E-state index contributed by atoms with van der Waals surface area (Å²) >= 11 is 0. The molecule has 0 fully saturated rings. The number of hydrogen-bond acceptors (Lipinski definition) is 0. The number of quaternary nitrogens is 2. The van der Waals surface area contributed by atoms with Crippen LogP contribution in [0.15, 0.2) is 30.3 Å². The van der Waals surface area contributed by atoms with Gasteiger partial charge in [0, 0.05) is 5.56 Å². The topological polar surface area (TPSA) is 16.6 Å². The monoisotopic (exact) mass is 1010 g/mol. The average molecular weight is 1010 g/mol. The van der Waals surface area contributed by atoms with E-state index < -0.39 is 0 Å². The Kier molecular flexibility index (Phi) is 65.6. The van der Waals surface area contributed by atoms with Crippen molar-refractivity contribution in [3.05, 3.63) is 35.9 Å². The Morgan fingerprint density at radius 1 is 0.333 bits per heavy atom. The van der Waals surface area contributed by atoms with Crippen LogP contribution in [0.4, 0.5) is 0 Å². The highest BCUT2D eigenvalue weighted by Gasteiger charge is 2.13. The molecule has 2 nitrogen and oxygen atoms in total. The standard InChI is InChI=1S/C38H80N.C27H49N.2ClH/c1-5-7-9-11-13-15-17-19-21-23-25-27-29-31-33-35-37-39(3,4)38-36-34-32-30-28-26-24-22-20-18-16-14-12-10-8-6-2;1-26(2)21-17-14-12-10-8-6-4-3-5-7-9-11-13-15-20-24-28-25-27-22-18-16-19-23-27;;/h5-38H2,1-4H3;16,18-19,22-23,26,28H,3-15,17,20-21,24-25H2,1-2H3;2*1H/q+1;;;/p-1. The summed E-state index contributed by atoms with van der Waals surface area (Å²) in [4.78, 5) is 0. The maximum absolute atomic E-state index is 2.47. The largest absolute Gasteiger partial charge is 1.00 e. The van der Waals surface area contributed by atoms with Crippen molar-refractivity contribution in [2.75, 3.05) is 33.7 Å². The van der Waals surface area contributed by atoms with Gasteiger partial charge in [-0.25, -0.2) is 0 Å². The van der Waals surface area contributed by atoms with Crippen molar-refractivity contribution in [2.45, 2.75) is 342 Å². The first-order chi connectivity index (χ1) is 32.9. The SMILES string of the molecule is CC(C)CCCCCCCCCCCCCCCCC[NH2+]Cc1ccccc1.CCCCCCCCCCCCCCCCCC[N+](C)(C)CCCCCCCCCCCCCCCCCC.[Cl-].[Cl-]. The maximum Gasteiger partial charge on any atom is 0.101 e. The molecule has 414 valence electrons. The number of rotatable bonds is 54. The predicted molar refractivity (Wildman–Crippen MR) is 307 cm³/mol. The van der Waals surface area contributed by atoms with Gasteiger partial charge in [0.2, 0.25) is 0 Å². The normalized spacial score (nSPS) is 11.4. The number of nitrogens with zero attached hydrogens (tertiary/aromatic N) is 1. The van der Waals surface area contributed by atoms with Crippen LogP contribution in [0.25, 0.3) is 0 Å². The van der Waals surface area contributed by atoms with Crippen molar-refractivity contribution in [1.82, 2.24) is 0 Å². The average Bonchev–Trinajstić information content (AvgIpc) is 3.32. The minimum Gasteiger partial charge on any atom is -1.00 e. The van der Waals surface area contributed by atoms with Gasteiger partial charge in [-0.15, -0.1) is 0 Å². The Labute approximate surface area is 450 Å². The molecule has 1 aromatic rings. The summed E-state index contributed by atoms with van der Waals surface area (Å²) in [7, 11) is 4.94. The fourth-order valence-corrected chi connectivity index (χ4v) is 10.3. The first kappa shape index (κ1) is 73.0. The van der Waals surface area contributed by atoms with E-state index in [1.165, 1.54) is 338 Å². The second kappa shape index (κ2) is 62.0. The van der Waals surface area contributed by atoms with Crippen molar-refractivity contribution in [2.24, 2.45) is 5.92 Å². The Hall–Kier alpha value is -0.280. The molecule has 0 aliphatic heterocycles. The van der Waals surface area contributed by atoms with Gasteiger partial charge in [0.25, 0.3) is 0 Å². The summed E-state index contributed by atoms with van der Waals surface area (Å²) in [6.07, 6.45) is 70.2. The van der Waals surface area contributed by atoms with Crippen LogP contribution < -0.4 is 30.1 Å². The second-order valence-electron chi connectivity index (χ2n) is 23.2. The van der Waals surface area contributed by atoms with Gasteiger partial charge in [-0.3, -0.25) is 0 Å². The summed E-state index contributed by atoms with van der Waals surface area (Å²) in [5.74, 6) is 0.892. The van der Waals surface area contributed by atoms with Gasteiger partial charge in [-0.05, 0) is 44.4 Å². The predicted octanol–water partition coefficient (Wildman–Crippen LogP) is 15.2. The number of hydrogen-bond donors (Lipinski definition) is 1. The van der Waals surface area contributed by atoms with Crippen molar-refractivity contribution in [3.63, 3.8) is 0 Å². The van der Waals surface area contributed by atoms with Crippen molar-refractivity contribution >= 4 is 0 Å². The summed E-state index contributed by atoms with van der Waals surface area (Å²) in [6.45, 7) is 14.5. The van der Waals surface area contributed by atoms with E-state index in [4.69, 9.17) is 0 Å². The summed E-state index contributed by atoms with van der Waals surface area (Å²) in [5.41, 5.74) is 1.45. The van der Waals surface area contributed by atoms with Crippen LogP contribution in [0, 0.1) is 5.92 Å². The quantitative estimate of drug-likeness (QED) is 0.0495. The van der Waals surface area contributed by atoms with Gasteiger partial charge in [0.15, 0.2) is 0 Å². The molecule has 2 N–H and O–H groups in total. The highest BCUT2D eigenvalue weighted by atomic mass is 35.5. The Balaban J connectivity index is -0.00000129. The van der Waals surface area contributed by atoms with E-state index in [-0.39, 0.29) is 24.8 Å². The van der Waals surface area contributed by atoms with Gasteiger partial charge in [0.05, 0.1) is 33.7 Å². The molecule has 0 bridgehead atoms. The zero-order chi connectivity index (χ0) is 48.7. The molecule has 0 unspecified atom stereocenters. The Bertz CT molecular complexity index is 977. The molecule has 0 amide bonds. The number of unbranched alkanes of at least 4 members (excludes halogenated alkanes) is 44. The van der Waals surface area contributed by atoms with Gasteiger partial charge in [-0.2, -0.15) is 0 Å². The molecule has 1 rings (SSSR count). The smallest absolute Gasteiger partial charge is 0.101 e. The van der Waals surface area contributed by atoms with Crippen LogP contribution in [-0.4, -0.2) is 38.2 Å². The van der Waals surface area contributed by atoms with Gasteiger partial charge < -0.3 is 34.6 Å². The highest BCUT2D eigenvalue weighted by Crippen LogP contribution is 2.18. The molecular weight excluding hydrogens is 880 g/mol. The van der Waals surface area contributed by atoms with E-state index in [1.54, 1.807) is 0 Å². The van der Waals surface area contributed by atoms with E-state index >= 15 is 0 Å². The molecule has 0 radical (unpaired) electrons. The molecular formula is C65H130Cl2N2. The molecule has 0 heterocycles. The zero-order valence-electron chi connectivity index (χ0n) is 48.5. The third-order valence-corrected chi connectivity index (χ3v) is 15.1. The fourth-order valence-electron chi connectivity index (χ4n) is 10.3. The maximum atomic E-state index is 2.47. The van der Waals surface area contributed by atoms with Gasteiger partial charge >= 0.3 is 0 Å². The van der Waals surface area contributed by atoms with Crippen LogP contribution in [0.3, 0.4) is 0 Å². The van der Waals surface area contributed by atoms with Crippen LogP contribution in [0.1, 0.15) is 341 Å². The minimum absolute atomic E-state index is 0. The lowest BCUT2D eigenvalue weighted by molar-refractivity contribution is -0.890. The molecule has 1 aromatic carbocycles. The van der Waals surface area contributed by atoms with Crippen molar-refractivity contribution in [3.8, 4) is 0 Å². The molecule has 0 saturated carbocycles. The van der Waals surface area contributed by atoms with E-state index in [9.17, 15) is 0 Å². The lowest BCUT2D eigenvalue weighted by Gasteiger charge is -2.30. The number of halogens is 2. The van der Waals surface area contributed by atoms with Crippen LogP contribution in [0.2, 0.25) is 0 Å². The van der Waals surface area contributed by atoms with E-state index in [0.717, 1.165) is 12.5 Å². The van der Waals surface area contributed by atoms with Gasteiger partial charge in [0.1, 0.15) is 6.54 Å². The Morgan fingerprint density at radius 2 is 0.580 bits per heavy atom. The van der Waals surface area contributed by atoms with Crippen LogP contribution >= 0.6 is 0 Å². The molecule has 0 aliphatic rings. The lowest BCUT2D eigenvalue weighted by atomic mass is 10.0. The Morgan fingerprint density at radius 3 is 0.855 bits per heavy atom. The highest BCUT2D eigenvalue weighted by molar-refractivity contribution is 5.12. The lowest BCUT2D eigenvalue weighted by Crippen LogP contribution is -3.00. The molecule has 69 heavy (non-hydrogen) atoms. The third-order valence-electron chi connectivity index (χ3n) is 15.1. The number of nitrogens with two attached hydrogens (primary N) is 1. The molecule has 0 spiro atoms. The zero-order valence-corrected chi connectivity index (χ0v) is 50.0. The molecule has 4 heteroatoms. The van der Waals surface area contributed by atoms with E-state index in [2.05, 4.69) is 77.4 Å². The molecule has 0 aliphatic carbocycles. The summed E-state index contributed by atoms with van der Waals surface area (Å²) in [5, 5.41) is 2.46. The van der Waals surface area contributed by atoms with Crippen molar-refractivity contribution in [1.29, 1.82) is 0 Å². The van der Waals surface area contributed by atoms with Crippen LogP contribution in [0.5, 0.6) is 0 Å². The van der Waals surface area contributed by atoms with Crippen molar-refractivity contribution < 1.29 is 34.6 Å². The van der Waals surface area contributed by atoms with Crippen LogP contribution in [-0.2, 0) is 6.54 Å². The van der Waals surface area contributed by atoms with E-state index in [1.807, 2.05) is 0 Å². The third kappa shape index (κ3) is 63.8. The molecule has 0 saturated heterocycles. The fraction of sp³-hybridized carbons (Fsp3) is 0.908. The van der Waals surface area contributed by atoms with Gasteiger partial charge in [-0.1, -0.05) is 328 Å².